The number of benzene rings is 4. The number of fused-ring (bicyclic) bond motifs is 3. The number of rotatable bonds is 7. The zero-order chi connectivity index (χ0) is 28.6. The molecule has 6 aromatic rings. The Balaban J connectivity index is 1.24. The van der Waals surface area contributed by atoms with E-state index in [4.69, 9.17) is 28.3 Å². The van der Waals surface area contributed by atoms with E-state index in [2.05, 4.69) is 21.0 Å². The molecule has 0 atom stereocenters. The number of nitrogens with zero attached hydrogens (tertiary/aromatic N) is 3. The Labute approximate surface area is 247 Å². The van der Waals surface area contributed by atoms with Crippen LogP contribution in [0.3, 0.4) is 0 Å². The number of halogens is 1. The molecule has 0 spiro atoms. The van der Waals surface area contributed by atoms with Crippen molar-refractivity contribution in [2.45, 2.75) is 6.61 Å². The molecule has 9 nitrogen and oxygen atoms in total. The monoisotopic (exact) mass is 623 g/mol. The molecule has 0 amide bonds. The fourth-order valence-electron chi connectivity index (χ4n) is 4.72. The molecule has 1 aliphatic rings. The predicted molar refractivity (Wildman–Crippen MR) is 162 cm³/mol. The van der Waals surface area contributed by atoms with Crippen LogP contribution in [0.5, 0.6) is 23.0 Å². The summed E-state index contributed by atoms with van der Waals surface area (Å²) in [5, 5.41) is 5.91. The van der Waals surface area contributed by atoms with E-state index in [1.54, 1.807) is 43.7 Å². The maximum absolute atomic E-state index is 13.6. The third-order valence-electron chi connectivity index (χ3n) is 6.83. The Kier molecular flexibility index (Phi) is 6.59. The van der Waals surface area contributed by atoms with E-state index < -0.39 is 0 Å². The van der Waals surface area contributed by atoms with Crippen LogP contribution in [0.2, 0.25) is 0 Å². The molecule has 10 heteroatoms. The quantitative estimate of drug-likeness (QED) is 0.181. The second-order valence-corrected chi connectivity index (χ2v) is 10.3. The van der Waals surface area contributed by atoms with Crippen molar-refractivity contribution in [2.75, 3.05) is 13.9 Å². The van der Waals surface area contributed by atoms with Crippen molar-refractivity contribution in [3.8, 4) is 34.6 Å². The Morgan fingerprint density at radius 3 is 2.69 bits per heavy atom. The lowest BCUT2D eigenvalue weighted by Crippen LogP contribution is -2.20. The highest BCUT2D eigenvalue weighted by Gasteiger charge is 2.18. The standard InChI is InChI=1S/C32H22BrN3O6/c1-38-27-14-21(23(33)15-29(27)39-17-19-10-11-26-28(12-19)41-18-40-26)16-34-36-31(30-13-20-6-2-5-9-25(20)42-30)35-24-8-4-3-7-22(24)32(36)37/h2-16H,17-18H2,1H3. The molecule has 0 N–H and O–H groups in total. The van der Waals surface area contributed by atoms with Crippen LogP contribution >= 0.6 is 15.9 Å². The van der Waals surface area contributed by atoms with Gasteiger partial charge < -0.3 is 23.4 Å². The second kappa shape index (κ2) is 10.7. The van der Waals surface area contributed by atoms with Gasteiger partial charge in [0.1, 0.15) is 12.2 Å². The average molecular weight is 624 g/mol. The summed E-state index contributed by atoms with van der Waals surface area (Å²) in [6, 6.07) is 25.9. The van der Waals surface area contributed by atoms with Crippen molar-refractivity contribution in [2.24, 2.45) is 5.10 Å². The lowest BCUT2D eigenvalue weighted by Gasteiger charge is -2.13. The van der Waals surface area contributed by atoms with E-state index in [0.29, 0.717) is 61.9 Å². The van der Waals surface area contributed by atoms with E-state index in [1.807, 2.05) is 54.6 Å². The topological polar surface area (TPSA) is 97.3 Å². The molecule has 3 heterocycles. The Hall–Kier alpha value is -5.09. The van der Waals surface area contributed by atoms with Crippen molar-refractivity contribution in [1.29, 1.82) is 0 Å². The molecule has 0 aliphatic carbocycles. The summed E-state index contributed by atoms with van der Waals surface area (Å²) in [4.78, 5) is 18.3. The molecule has 208 valence electrons. The van der Waals surface area contributed by atoms with Gasteiger partial charge in [-0.2, -0.15) is 9.78 Å². The summed E-state index contributed by atoms with van der Waals surface area (Å²) in [5.74, 6) is 3.16. The summed E-state index contributed by atoms with van der Waals surface area (Å²) in [6.07, 6.45) is 1.57. The highest BCUT2D eigenvalue weighted by molar-refractivity contribution is 9.10. The number of aromatic nitrogens is 2. The number of methoxy groups -OCH3 is 1. The molecule has 0 unspecified atom stereocenters. The molecule has 2 aromatic heterocycles. The maximum atomic E-state index is 13.6. The molecule has 0 saturated heterocycles. The zero-order valence-corrected chi connectivity index (χ0v) is 23.8. The minimum atomic E-state index is -0.320. The van der Waals surface area contributed by atoms with Crippen molar-refractivity contribution >= 4 is 44.0 Å². The van der Waals surface area contributed by atoms with Gasteiger partial charge in [0.2, 0.25) is 12.6 Å². The minimum absolute atomic E-state index is 0.213. The van der Waals surface area contributed by atoms with Crippen LogP contribution in [0, 0.1) is 0 Å². The Bertz CT molecular complexity index is 2030. The van der Waals surface area contributed by atoms with Crippen LogP contribution in [-0.4, -0.2) is 29.8 Å². The fourth-order valence-corrected chi connectivity index (χ4v) is 5.14. The molecule has 0 bridgehead atoms. The van der Waals surface area contributed by atoms with Crippen molar-refractivity contribution < 1.29 is 23.4 Å². The number of ether oxygens (including phenoxy) is 4. The zero-order valence-electron chi connectivity index (χ0n) is 22.2. The van der Waals surface area contributed by atoms with Crippen LogP contribution < -0.4 is 24.5 Å². The number of furan rings is 1. The number of para-hydroxylation sites is 2. The minimum Gasteiger partial charge on any atom is -0.493 e. The molecule has 7 rings (SSSR count). The number of hydrogen-bond donors (Lipinski definition) is 0. The van der Waals surface area contributed by atoms with E-state index in [1.165, 1.54) is 4.68 Å². The SMILES string of the molecule is COc1cc(C=Nn2c(-c3cc4ccccc4o3)nc3ccccc3c2=O)c(Br)cc1OCc1ccc2c(c1)OCO2. The van der Waals surface area contributed by atoms with Gasteiger partial charge in [-0.3, -0.25) is 4.79 Å². The number of hydrogen-bond acceptors (Lipinski definition) is 8. The van der Waals surface area contributed by atoms with Crippen molar-refractivity contribution in [3.63, 3.8) is 0 Å². The van der Waals surface area contributed by atoms with Crippen LogP contribution in [0.25, 0.3) is 33.5 Å². The van der Waals surface area contributed by atoms with Gasteiger partial charge in [-0.05, 0) is 70.0 Å². The van der Waals surface area contributed by atoms with E-state index in [9.17, 15) is 4.79 Å². The van der Waals surface area contributed by atoms with Gasteiger partial charge in [0, 0.05) is 15.4 Å². The first-order chi connectivity index (χ1) is 20.6. The molecule has 42 heavy (non-hydrogen) atoms. The lowest BCUT2D eigenvalue weighted by molar-refractivity contribution is 0.174. The predicted octanol–water partition coefficient (Wildman–Crippen LogP) is 6.77. The van der Waals surface area contributed by atoms with E-state index in [-0.39, 0.29) is 18.2 Å². The Morgan fingerprint density at radius 2 is 1.81 bits per heavy atom. The lowest BCUT2D eigenvalue weighted by atomic mass is 10.2. The smallest absolute Gasteiger partial charge is 0.282 e. The molecule has 0 fully saturated rings. The van der Waals surface area contributed by atoms with E-state index in [0.717, 1.165) is 10.9 Å². The summed E-state index contributed by atoms with van der Waals surface area (Å²) < 4.78 is 30.5. The molecule has 4 aromatic carbocycles. The highest BCUT2D eigenvalue weighted by atomic mass is 79.9. The van der Waals surface area contributed by atoms with Gasteiger partial charge in [-0.15, -0.1) is 0 Å². The third-order valence-corrected chi connectivity index (χ3v) is 7.51. The first-order valence-electron chi connectivity index (χ1n) is 13.0. The molecule has 1 aliphatic heterocycles. The molecular formula is C32H22BrN3O6. The largest absolute Gasteiger partial charge is 0.493 e. The van der Waals surface area contributed by atoms with Crippen LogP contribution in [0.1, 0.15) is 11.1 Å². The van der Waals surface area contributed by atoms with Gasteiger partial charge in [-0.1, -0.05) is 36.4 Å². The fraction of sp³-hybridized carbons (Fsp3) is 0.0938. The second-order valence-electron chi connectivity index (χ2n) is 9.46. The van der Waals surface area contributed by atoms with Gasteiger partial charge in [0.15, 0.2) is 28.8 Å². The van der Waals surface area contributed by atoms with Gasteiger partial charge in [0.05, 0.1) is 24.2 Å². The first kappa shape index (κ1) is 25.8. The molecule has 0 radical (unpaired) electrons. The summed E-state index contributed by atoms with van der Waals surface area (Å²) in [7, 11) is 1.56. The van der Waals surface area contributed by atoms with E-state index >= 15 is 0 Å². The molecule has 0 saturated carbocycles. The van der Waals surface area contributed by atoms with Crippen molar-refractivity contribution in [3.05, 3.63) is 111 Å². The average Bonchev–Trinajstić information content (AvgIpc) is 3.67. The molecular weight excluding hydrogens is 602 g/mol. The summed E-state index contributed by atoms with van der Waals surface area (Å²) in [6.45, 7) is 0.510. The van der Waals surface area contributed by atoms with Crippen LogP contribution in [0.4, 0.5) is 0 Å². The van der Waals surface area contributed by atoms with Crippen LogP contribution in [0.15, 0.2) is 104 Å². The van der Waals surface area contributed by atoms with Gasteiger partial charge in [0.25, 0.3) is 5.56 Å². The Morgan fingerprint density at radius 1 is 0.976 bits per heavy atom. The summed E-state index contributed by atoms with van der Waals surface area (Å²) in [5.41, 5.74) is 2.51. The maximum Gasteiger partial charge on any atom is 0.282 e. The highest BCUT2D eigenvalue weighted by Crippen LogP contribution is 2.36. The van der Waals surface area contributed by atoms with Gasteiger partial charge in [-0.25, -0.2) is 4.98 Å². The van der Waals surface area contributed by atoms with Crippen LogP contribution in [-0.2, 0) is 6.61 Å². The van der Waals surface area contributed by atoms with Crippen molar-refractivity contribution in [1.82, 2.24) is 9.66 Å². The van der Waals surface area contributed by atoms with Gasteiger partial charge >= 0.3 is 0 Å². The summed E-state index contributed by atoms with van der Waals surface area (Å²) >= 11 is 3.61. The first-order valence-corrected chi connectivity index (χ1v) is 13.8. The third kappa shape index (κ3) is 4.75. The normalized spacial score (nSPS) is 12.4.